The van der Waals surface area contributed by atoms with Gasteiger partial charge in [0.1, 0.15) is 6.04 Å². The van der Waals surface area contributed by atoms with Crippen LogP contribution in [0.25, 0.3) is 0 Å². The summed E-state index contributed by atoms with van der Waals surface area (Å²) in [6.45, 7) is 1.96. The molecule has 0 fully saturated rings. The van der Waals surface area contributed by atoms with E-state index >= 15 is 0 Å². The van der Waals surface area contributed by atoms with Gasteiger partial charge in [0.25, 0.3) is 0 Å². The van der Waals surface area contributed by atoms with Gasteiger partial charge in [0.2, 0.25) is 5.91 Å². The maximum atomic E-state index is 11.8. The minimum Gasteiger partial charge on any atom is -0.372 e. The maximum Gasteiger partial charge on any atom is 0.246 e. The first-order chi connectivity index (χ1) is 8.08. The fourth-order valence-electron chi connectivity index (χ4n) is 1.90. The summed E-state index contributed by atoms with van der Waals surface area (Å²) in [6.07, 6.45) is 2.24. The van der Waals surface area contributed by atoms with Gasteiger partial charge in [0.15, 0.2) is 0 Å². The summed E-state index contributed by atoms with van der Waals surface area (Å²) < 4.78 is 11.0. The Hall–Kier alpha value is -1.36. The highest BCUT2D eigenvalue weighted by molar-refractivity contribution is 7.84. The number of amides is 1. The first-order valence-corrected chi connectivity index (χ1v) is 7.27. The molecule has 1 aromatic rings. The van der Waals surface area contributed by atoms with Gasteiger partial charge in [-0.1, -0.05) is 12.1 Å². The lowest BCUT2D eigenvalue weighted by atomic mass is 10.1. The molecule has 0 saturated carbocycles. The normalized spacial score (nSPS) is 20.1. The molecule has 5 heteroatoms. The number of para-hydroxylation sites is 1. The Kier molecular flexibility index (Phi) is 3.47. The molecular formula is C12H16N2O2S. The molecule has 1 aliphatic rings. The van der Waals surface area contributed by atoms with Gasteiger partial charge in [0, 0.05) is 22.8 Å². The van der Waals surface area contributed by atoms with Gasteiger partial charge in [-0.05, 0) is 25.0 Å². The molecular weight excluding hydrogens is 236 g/mol. The lowest BCUT2D eigenvalue weighted by Crippen LogP contribution is -2.39. The number of carbonyl (C=O) groups is 1. The van der Waals surface area contributed by atoms with Crippen molar-refractivity contribution in [3.63, 3.8) is 0 Å². The Bertz CT molecular complexity index is 474. The van der Waals surface area contributed by atoms with E-state index in [9.17, 15) is 9.00 Å². The van der Waals surface area contributed by atoms with Gasteiger partial charge in [-0.3, -0.25) is 9.00 Å². The van der Waals surface area contributed by atoms with Crippen LogP contribution in [0.2, 0.25) is 0 Å². The summed E-state index contributed by atoms with van der Waals surface area (Å²) in [7, 11) is -0.864. The third-order valence-electron chi connectivity index (χ3n) is 2.86. The molecule has 0 aliphatic carbocycles. The van der Waals surface area contributed by atoms with E-state index in [2.05, 4.69) is 10.6 Å². The minimum absolute atomic E-state index is 0.0442. The van der Waals surface area contributed by atoms with Crippen molar-refractivity contribution >= 4 is 28.1 Å². The van der Waals surface area contributed by atoms with Crippen LogP contribution in [0, 0.1) is 6.92 Å². The number of carbonyl (C=O) groups excluding carboxylic acids is 1. The predicted octanol–water partition coefficient (Wildman–Crippen LogP) is 1.50. The molecule has 1 aliphatic heterocycles. The van der Waals surface area contributed by atoms with Gasteiger partial charge < -0.3 is 10.6 Å². The van der Waals surface area contributed by atoms with Crippen LogP contribution in [-0.4, -0.2) is 28.2 Å². The van der Waals surface area contributed by atoms with Gasteiger partial charge in [0.05, 0.1) is 11.4 Å². The molecule has 0 aromatic heterocycles. The number of benzene rings is 1. The first kappa shape index (κ1) is 12.1. The lowest BCUT2D eigenvalue weighted by molar-refractivity contribution is -0.117. The zero-order valence-corrected chi connectivity index (χ0v) is 10.8. The standard InChI is InChI=1S/C12H16N2O2S/c1-8-4-3-5-9-11(8)14-12(15)10(13-9)6-7-17(2)16/h3-5,10,13H,6-7H2,1-2H3,(H,14,15). The van der Waals surface area contributed by atoms with Gasteiger partial charge in [-0.15, -0.1) is 0 Å². The smallest absolute Gasteiger partial charge is 0.246 e. The average molecular weight is 252 g/mol. The quantitative estimate of drug-likeness (QED) is 0.857. The van der Waals surface area contributed by atoms with Crippen LogP contribution in [-0.2, 0) is 15.6 Å². The molecule has 1 heterocycles. The highest BCUT2D eigenvalue weighted by Crippen LogP contribution is 2.30. The highest BCUT2D eigenvalue weighted by Gasteiger charge is 2.25. The van der Waals surface area contributed by atoms with Crippen LogP contribution in [0.15, 0.2) is 18.2 Å². The van der Waals surface area contributed by atoms with Crippen LogP contribution >= 0.6 is 0 Å². The van der Waals surface area contributed by atoms with Crippen molar-refractivity contribution in [1.29, 1.82) is 0 Å². The van der Waals surface area contributed by atoms with Crippen LogP contribution in [0.3, 0.4) is 0 Å². The Morgan fingerprint density at radius 1 is 1.41 bits per heavy atom. The van der Waals surface area contributed by atoms with Gasteiger partial charge in [-0.25, -0.2) is 0 Å². The van der Waals surface area contributed by atoms with Crippen LogP contribution in [0.5, 0.6) is 0 Å². The summed E-state index contributed by atoms with van der Waals surface area (Å²) >= 11 is 0. The minimum atomic E-state index is -0.864. The van der Waals surface area contributed by atoms with E-state index in [-0.39, 0.29) is 11.9 Å². The third kappa shape index (κ3) is 2.66. The molecule has 0 spiro atoms. The number of nitrogens with one attached hydrogen (secondary N) is 2. The van der Waals surface area contributed by atoms with E-state index in [0.717, 1.165) is 16.9 Å². The fourth-order valence-corrected chi connectivity index (χ4v) is 2.47. The average Bonchev–Trinajstić information content (AvgIpc) is 2.28. The summed E-state index contributed by atoms with van der Waals surface area (Å²) in [5.74, 6) is 0.490. The molecule has 0 saturated heterocycles. The second kappa shape index (κ2) is 4.87. The molecule has 2 rings (SSSR count). The van der Waals surface area contributed by atoms with Crippen molar-refractivity contribution in [2.45, 2.75) is 19.4 Å². The molecule has 0 bridgehead atoms. The number of anilines is 2. The number of rotatable bonds is 3. The molecule has 92 valence electrons. The Morgan fingerprint density at radius 2 is 2.18 bits per heavy atom. The maximum absolute atomic E-state index is 11.8. The molecule has 2 atom stereocenters. The predicted molar refractivity (Wildman–Crippen MR) is 70.8 cm³/mol. The summed E-state index contributed by atoms with van der Waals surface area (Å²) in [5, 5.41) is 6.10. The zero-order valence-electron chi connectivity index (χ0n) is 9.95. The Labute approximate surface area is 103 Å². The van der Waals surface area contributed by atoms with Crippen LogP contribution in [0.4, 0.5) is 11.4 Å². The second-order valence-electron chi connectivity index (χ2n) is 4.25. The van der Waals surface area contributed by atoms with Crippen molar-refractivity contribution in [2.24, 2.45) is 0 Å². The van der Waals surface area contributed by atoms with Gasteiger partial charge >= 0.3 is 0 Å². The van der Waals surface area contributed by atoms with E-state index in [1.165, 1.54) is 0 Å². The van der Waals surface area contributed by atoms with E-state index in [4.69, 9.17) is 0 Å². The SMILES string of the molecule is Cc1cccc2c1NC(=O)C(CCS(C)=O)N2. The third-order valence-corrected chi connectivity index (χ3v) is 3.67. The Morgan fingerprint density at radius 3 is 2.88 bits per heavy atom. The van der Waals surface area contributed by atoms with Crippen molar-refractivity contribution in [3.05, 3.63) is 23.8 Å². The number of aryl methyl sites for hydroxylation is 1. The van der Waals surface area contributed by atoms with E-state index in [1.54, 1.807) is 6.26 Å². The van der Waals surface area contributed by atoms with Crippen LogP contribution in [0.1, 0.15) is 12.0 Å². The molecule has 4 nitrogen and oxygen atoms in total. The number of hydrogen-bond donors (Lipinski definition) is 2. The topological polar surface area (TPSA) is 58.2 Å². The van der Waals surface area contributed by atoms with Crippen LogP contribution < -0.4 is 10.6 Å². The van der Waals surface area contributed by atoms with E-state index in [1.807, 2.05) is 25.1 Å². The Balaban J connectivity index is 2.16. The summed E-state index contributed by atoms with van der Waals surface area (Å²) in [5.41, 5.74) is 2.84. The van der Waals surface area contributed by atoms with Crippen molar-refractivity contribution < 1.29 is 9.00 Å². The van der Waals surface area contributed by atoms with Crippen molar-refractivity contribution in [2.75, 3.05) is 22.6 Å². The molecule has 0 radical (unpaired) electrons. The molecule has 17 heavy (non-hydrogen) atoms. The largest absolute Gasteiger partial charge is 0.372 e. The fraction of sp³-hybridized carbons (Fsp3) is 0.417. The summed E-state index contributed by atoms with van der Waals surface area (Å²) in [4.78, 5) is 11.8. The highest BCUT2D eigenvalue weighted by atomic mass is 32.2. The van der Waals surface area contributed by atoms with E-state index < -0.39 is 10.8 Å². The lowest BCUT2D eigenvalue weighted by Gasteiger charge is -2.27. The van der Waals surface area contributed by atoms with Crippen molar-refractivity contribution in [3.8, 4) is 0 Å². The first-order valence-electron chi connectivity index (χ1n) is 5.55. The summed E-state index contributed by atoms with van der Waals surface area (Å²) in [6, 6.07) is 5.57. The molecule has 1 aromatic carbocycles. The molecule has 2 unspecified atom stereocenters. The molecule has 2 N–H and O–H groups in total. The number of hydrogen-bond acceptors (Lipinski definition) is 3. The van der Waals surface area contributed by atoms with Gasteiger partial charge in [-0.2, -0.15) is 0 Å². The number of fused-ring (bicyclic) bond motifs is 1. The van der Waals surface area contributed by atoms with E-state index in [0.29, 0.717) is 12.2 Å². The monoisotopic (exact) mass is 252 g/mol. The zero-order chi connectivity index (χ0) is 12.4. The molecule has 1 amide bonds. The van der Waals surface area contributed by atoms with Crippen molar-refractivity contribution in [1.82, 2.24) is 0 Å². The second-order valence-corrected chi connectivity index (χ2v) is 5.80.